The first kappa shape index (κ1) is 22.6. The van der Waals surface area contributed by atoms with E-state index in [0.717, 1.165) is 9.91 Å². The van der Waals surface area contributed by atoms with Crippen LogP contribution in [-0.4, -0.2) is 55.5 Å². The molecule has 10 heteroatoms. The van der Waals surface area contributed by atoms with Crippen molar-refractivity contribution in [2.45, 2.75) is 19.4 Å². The first-order chi connectivity index (χ1) is 15.3. The molecule has 0 saturated carbocycles. The van der Waals surface area contributed by atoms with Gasteiger partial charge in [-0.2, -0.15) is 0 Å². The van der Waals surface area contributed by atoms with Gasteiger partial charge in [-0.05, 0) is 24.3 Å². The lowest BCUT2D eigenvalue weighted by molar-refractivity contribution is -0.146. The summed E-state index contributed by atoms with van der Waals surface area (Å²) in [7, 11) is 2.86. The molecule has 0 bridgehead atoms. The van der Waals surface area contributed by atoms with E-state index in [9.17, 15) is 19.2 Å². The molecule has 1 heterocycles. The SMILES string of the molecule is COc1ccc(OC)c(N2C(=O)CC(N(NC(=O)COc3ccccc3)C(C)=O)C2=O)c1. The van der Waals surface area contributed by atoms with E-state index in [2.05, 4.69) is 5.43 Å². The number of para-hydroxylation sites is 1. The second-order valence-corrected chi connectivity index (χ2v) is 6.85. The average Bonchev–Trinajstić information content (AvgIpc) is 3.09. The number of nitrogens with zero attached hydrogens (tertiary/aromatic N) is 2. The molecule has 3 rings (SSSR count). The van der Waals surface area contributed by atoms with E-state index in [-0.39, 0.29) is 24.5 Å². The van der Waals surface area contributed by atoms with Gasteiger partial charge in [-0.3, -0.25) is 24.6 Å². The number of hydrogen-bond donors (Lipinski definition) is 1. The van der Waals surface area contributed by atoms with Crippen LogP contribution in [0.4, 0.5) is 5.69 Å². The normalized spacial score (nSPS) is 15.3. The molecule has 0 spiro atoms. The summed E-state index contributed by atoms with van der Waals surface area (Å²) in [6.45, 7) is 0.806. The maximum Gasteiger partial charge on any atom is 0.276 e. The number of anilines is 1. The fraction of sp³-hybridized carbons (Fsp3) is 0.273. The minimum atomic E-state index is -1.21. The molecule has 1 aliphatic rings. The molecule has 1 aliphatic heterocycles. The van der Waals surface area contributed by atoms with Gasteiger partial charge >= 0.3 is 0 Å². The highest BCUT2D eigenvalue weighted by Gasteiger charge is 2.45. The highest BCUT2D eigenvalue weighted by molar-refractivity contribution is 6.23. The summed E-state index contributed by atoms with van der Waals surface area (Å²) in [4.78, 5) is 51.3. The number of carbonyl (C=O) groups excluding carboxylic acids is 4. The van der Waals surface area contributed by atoms with Gasteiger partial charge in [0.2, 0.25) is 11.8 Å². The summed E-state index contributed by atoms with van der Waals surface area (Å²) in [5, 5.41) is 0.851. The molecule has 0 aromatic heterocycles. The third kappa shape index (κ3) is 4.80. The zero-order chi connectivity index (χ0) is 23.3. The number of hydrazine groups is 1. The zero-order valence-corrected chi connectivity index (χ0v) is 17.9. The Bertz CT molecular complexity index is 1030. The lowest BCUT2D eigenvalue weighted by Crippen LogP contribution is -2.54. The second-order valence-electron chi connectivity index (χ2n) is 6.85. The summed E-state index contributed by atoms with van der Waals surface area (Å²) in [6.07, 6.45) is -0.307. The van der Waals surface area contributed by atoms with Crippen molar-refractivity contribution >= 4 is 29.3 Å². The monoisotopic (exact) mass is 441 g/mol. The largest absolute Gasteiger partial charge is 0.497 e. The van der Waals surface area contributed by atoms with Crippen molar-refractivity contribution in [3.8, 4) is 17.2 Å². The van der Waals surface area contributed by atoms with E-state index in [1.54, 1.807) is 42.5 Å². The Balaban J connectivity index is 1.77. The quantitative estimate of drug-likeness (QED) is 0.509. The number of carbonyl (C=O) groups is 4. The van der Waals surface area contributed by atoms with Crippen LogP contribution in [0.25, 0.3) is 0 Å². The van der Waals surface area contributed by atoms with Crippen molar-refractivity contribution in [1.82, 2.24) is 10.4 Å². The summed E-state index contributed by atoms with van der Waals surface area (Å²) in [5.41, 5.74) is 2.55. The molecular weight excluding hydrogens is 418 g/mol. The smallest absolute Gasteiger partial charge is 0.276 e. The Hall–Kier alpha value is -4.08. The van der Waals surface area contributed by atoms with Gasteiger partial charge in [0, 0.05) is 13.0 Å². The number of benzene rings is 2. The molecule has 32 heavy (non-hydrogen) atoms. The standard InChI is InChI=1S/C22H23N3O7/c1-14(26)25(23-20(27)13-32-15-7-5-4-6-8-15)18-12-21(28)24(22(18)29)17-11-16(30-2)9-10-19(17)31-3/h4-11,18H,12-13H2,1-3H3,(H,23,27). The maximum absolute atomic E-state index is 13.1. The fourth-order valence-electron chi connectivity index (χ4n) is 3.25. The minimum Gasteiger partial charge on any atom is -0.497 e. The van der Waals surface area contributed by atoms with Crippen LogP contribution in [0.1, 0.15) is 13.3 Å². The lowest BCUT2D eigenvalue weighted by Gasteiger charge is -2.27. The van der Waals surface area contributed by atoms with Crippen molar-refractivity contribution in [1.29, 1.82) is 0 Å². The Morgan fingerprint density at radius 1 is 1.06 bits per heavy atom. The fourth-order valence-corrected chi connectivity index (χ4v) is 3.25. The predicted octanol–water partition coefficient (Wildman–Crippen LogP) is 1.29. The van der Waals surface area contributed by atoms with E-state index in [4.69, 9.17) is 14.2 Å². The van der Waals surface area contributed by atoms with Gasteiger partial charge in [-0.25, -0.2) is 9.91 Å². The summed E-state index contributed by atoms with van der Waals surface area (Å²) in [5.74, 6) is -1.32. The molecule has 1 atom stereocenters. The maximum atomic E-state index is 13.1. The van der Waals surface area contributed by atoms with Crippen molar-refractivity contribution in [2.75, 3.05) is 25.7 Å². The molecule has 2 aromatic rings. The van der Waals surface area contributed by atoms with E-state index in [1.165, 1.54) is 27.2 Å². The first-order valence-electron chi connectivity index (χ1n) is 9.71. The van der Waals surface area contributed by atoms with Gasteiger partial charge in [0.1, 0.15) is 23.3 Å². The molecular formula is C22H23N3O7. The number of nitrogens with one attached hydrogen (secondary N) is 1. The van der Waals surface area contributed by atoms with Crippen LogP contribution in [0.5, 0.6) is 17.2 Å². The summed E-state index contributed by atoms with van der Waals surface area (Å²) in [6, 6.07) is 12.1. The Morgan fingerprint density at radius 2 is 1.78 bits per heavy atom. The Morgan fingerprint density at radius 3 is 2.41 bits per heavy atom. The van der Waals surface area contributed by atoms with Crippen LogP contribution in [0, 0.1) is 0 Å². The van der Waals surface area contributed by atoms with Crippen LogP contribution < -0.4 is 24.5 Å². The number of amides is 4. The number of hydrogen-bond acceptors (Lipinski definition) is 7. The lowest BCUT2D eigenvalue weighted by atomic mass is 10.2. The highest BCUT2D eigenvalue weighted by Crippen LogP contribution is 2.36. The van der Waals surface area contributed by atoms with Gasteiger partial charge in [-0.15, -0.1) is 0 Å². The van der Waals surface area contributed by atoms with Crippen LogP contribution in [0.3, 0.4) is 0 Å². The van der Waals surface area contributed by atoms with Crippen molar-refractivity contribution in [3.63, 3.8) is 0 Å². The molecule has 1 N–H and O–H groups in total. The van der Waals surface area contributed by atoms with Gasteiger partial charge in [0.15, 0.2) is 6.61 Å². The number of rotatable bonds is 7. The Labute approximate surface area is 184 Å². The number of imide groups is 1. The Kier molecular flexibility index (Phi) is 6.93. The van der Waals surface area contributed by atoms with E-state index < -0.39 is 29.7 Å². The molecule has 1 saturated heterocycles. The van der Waals surface area contributed by atoms with E-state index in [1.807, 2.05) is 0 Å². The molecule has 168 valence electrons. The summed E-state index contributed by atoms with van der Waals surface area (Å²) >= 11 is 0. The topological polar surface area (TPSA) is 114 Å². The number of methoxy groups -OCH3 is 2. The third-order valence-electron chi connectivity index (χ3n) is 4.76. The van der Waals surface area contributed by atoms with Crippen LogP contribution in [0.2, 0.25) is 0 Å². The van der Waals surface area contributed by atoms with Crippen molar-refractivity contribution in [3.05, 3.63) is 48.5 Å². The predicted molar refractivity (Wildman–Crippen MR) is 113 cm³/mol. The molecule has 1 fully saturated rings. The van der Waals surface area contributed by atoms with Crippen molar-refractivity contribution in [2.24, 2.45) is 0 Å². The molecule has 4 amide bonds. The van der Waals surface area contributed by atoms with E-state index in [0.29, 0.717) is 11.5 Å². The van der Waals surface area contributed by atoms with Gasteiger partial charge in [-0.1, -0.05) is 18.2 Å². The number of ether oxygens (including phenoxy) is 3. The molecule has 1 unspecified atom stereocenters. The molecule has 0 radical (unpaired) electrons. The zero-order valence-electron chi connectivity index (χ0n) is 17.9. The van der Waals surface area contributed by atoms with Crippen LogP contribution in [0.15, 0.2) is 48.5 Å². The van der Waals surface area contributed by atoms with Crippen LogP contribution in [-0.2, 0) is 19.2 Å². The van der Waals surface area contributed by atoms with Gasteiger partial charge < -0.3 is 14.2 Å². The third-order valence-corrected chi connectivity index (χ3v) is 4.76. The summed E-state index contributed by atoms with van der Waals surface area (Å²) < 4.78 is 15.8. The molecule has 0 aliphatic carbocycles. The minimum absolute atomic E-state index is 0.187. The van der Waals surface area contributed by atoms with E-state index >= 15 is 0 Å². The van der Waals surface area contributed by atoms with Gasteiger partial charge in [0.05, 0.1) is 26.3 Å². The first-order valence-corrected chi connectivity index (χ1v) is 9.71. The van der Waals surface area contributed by atoms with Crippen molar-refractivity contribution < 1.29 is 33.4 Å². The highest BCUT2D eigenvalue weighted by atomic mass is 16.5. The average molecular weight is 441 g/mol. The van der Waals surface area contributed by atoms with Crippen LogP contribution >= 0.6 is 0 Å². The second kappa shape index (κ2) is 9.82. The molecule has 10 nitrogen and oxygen atoms in total. The van der Waals surface area contributed by atoms with Gasteiger partial charge in [0.25, 0.3) is 11.8 Å². The molecule has 2 aromatic carbocycles.